The van der Waals surface area contributed by atoms with E-state index in [0.717, 1.165) is 60.9 Å². The van der Waals surface area contributed by atoms with Crippen LogP contribution in [0.5, 0.6) is 0 Å². The van der Waals surface area contributed by atoms with Crippen molar-refractivity contribution in [2.75, 3.05) is 5.32 Å². The number of nitrogens with two attached hydrogens (primary N) is 1. The lowest BCUT2D eigenvalue weighted by molar-refractivity contribution is -0.120. The van der Waals surface area contributed by atoms with Gasteiger partial charge in [-0.15, -0.1) is 11.3 Å². The first-order valence-corrected chi connectivity index (χ1v) is 14.2. The SMILES string of the molecule is CC(=O)NC1CCC(CC(=O)Nc2cnc(-c3ccc(C4(N)CCC4)cc3)c(-c3ccsc3C)c2)CC1. The first-order valence-electron chi connectivity index (χ1n) is 13.3. The Morgan fingerprint density at radius 1 is 1.08 bits per heavy atom. The summed E-state index contributed by atoms with van der Waals surface area (Å²) in [6.45, 7) is 3.68. The molecule has 0 atom stereocenters. The Bertz CT molecular complexity index is 1270. The molecule has 2 aromatic heterocycles. The second kappa shape index (κ2) is 10.8. The smallest absolute Gasteiger partial charge is 0.224 e. The Morgan fingerprint density at radius 3 is 2.41 bits per heavy atom. The van der Waals surface area contributed by atoms with Crippen LogP contribution in [-0.4, -0.2) is 22.8 Å². The van der Waals surface area contributed by atoms with Crippen molar-refractivity contribution >= 4 is 28.8 Å². The summed E-state index contributed by atoms with van der Waals surface area (Å²) >= 11 is 1.71. The number of nitrogens with one attached hydrogen (secondary N) is 2. The summed E-state index contributed by atoms with van der Waals surface area (Å²) in [5, 5.41) is 8.19. The molecule has 0 bridgehead atoms. The number of hydrogen-bond donors (Lipinski definition) is 3. The van der Waals surface area contributed by atoms with Gasteiger partial charge >= 0.3 is 0 Å². The maximum absolute atomic E-state index is 12.9. The van der Waals surface area contributed by atoms with Gasteiger partial charge in [-0.1, -0.05) is 24.3 Å². The summed E-state index contributed by atoms with van der Waals surface area (Å²) in [6.07, 6.45) is 9.28. The van der Waals surface area contributed by atoms with E-state index in [2.05, 4.69) is 53.3 Å². The third-order valence-electron chi connectivity index (χ3n) is 8.03. The van der Waals surface area contributed by atoms with E-state index in [1.165, 1.54) is 16.9 Å². The van der Waals surface area contributed by atoms with Crippen molar-refractivity contribution < 1.29 is 9.59 Å². The van der Waals surface area contributed by atoms with Crippen LogP contribution >= 0.6 is 11.3 Å². The van der Waals surface area contributed by atoms with E-state index in [9.17, 15) is 9.59 Å². The van der Waals surface area contributed by atoms with Gasteiger partial charge in [-0.05, 0) is 86.4 Å². The Kier molecular flexibility index (Phi) is 7.45. The lowest BCUT2D eigenvalue weighted by Gasteiger charge is -2.38. The average molecular weight is 517 g/mol. The monoisotopic (exact) mass is 516 g/mol. The molecule has 2 saturated carbocycles. The molecule has 2 aliphatic rings. The molecule has 0 unspecified atom stereocenters. The van der Waals surface area contributed by atoms with Crippen LogP contribution < -0.4 is 16.4 Å². The number of pyridine rings is 1. The predicted molar refractivity (Wildman–Crippen MR) is 150 cm³/mol. The average Bonchev–Trinajstić information content (AvgIpc) is 3.29. The molecule has 4 N–H and O–H groups in total. The summed E-state index contributed by atoms with van der Waals surface area (Å²) < 4.78 is 0. The highest BCUT2D eigenvalue weighted by molar-refractivity contribution is 7.10. The van der Waals surface area contributed by atoms with Gasteiger partial charge in [0.1, 0.15) is 0 Å². The van der Waals surface area contributed by atoms with Crippen LogP contribution in [0.15, 0.2) is 48.0 Å². The topological polar surface area (TPSA) is 97.1 Å². The third kappa shape index (κ3) is 5.78. The van der Waals surface area contributed by atoms with Crippen molar-refractivity contribution in [1.29, 1.82) is 0 Å². The summed E-state index contributed by atoms with van der Waals surface area (Å²) in [4.78, 5) is 30.3. The van der Waals surface area contributed by atoms with Crippen LogP contribution in [0.25, 0.3) is 22.4 Å². The van der Waals surface area contributed by atoms with Crippen LogP contribution in [0, 0.1) is 12.8 Å². The van der Waals surface area contributed by atoms with E-state index in [0.29, 0.717) is 18.0 Å². The van der Waals surface area contributed by atoms with Gasteiger partial charge in [0.15, 0.2) is 0 Å². The van der Waals surface area contributed by atoms with Crippen molar-refractivity contribution in [3.63, 3.8) is 0 Å². The fourth-order valence-corrected chi connectivity index (χ4v) is 6.43. The van der Waals surface area contributed by atoms with Crippen molar-refractivity contribution in [2.45, 2.75) is 76.8 Å². The van der Waals surface area contributed by atoms with Crippen LogP contribution in [-0.2, 0) is 15.1 Å². The normalized spacial score (nSPS) is 20.6. The highest BCUT2D eigenvalue weighted by Crippen LogP contribution is 2.40. The molecule has 3 aromatic rings. The molecule has 2 heterocycles. The third-order valence-corrected chi connectivity index (χ3v) is 8.87. The number of carbonyl (C=O) groups is 2. The molecule has 2 amide bonds. The van der Waals surface area contributed by atoms with Gasteiger partial charge in [0, 0.05) is 40.9 Å². The van der Waals surface area contributed by atoms with E-state index >= 15 is 0 Å². The lowest BCUT2D eigenvalue weighted by Crippen LogP contribution is -2.43. The molecule has 37 heavy (non-hydrogen) atoms. The van der Waals surface area contributed by atoms with Crippen molar-refractivity contribution in [2.24, 2.45) is 11.7 Å². The number of nitrogens with zero attached hydrogens (tertiary/aromatic N) is 1. The number of hydrogen-bond acceptors (Lipinski definition) is 5. The Balaban J connectivity index is 1.32. The Labute approximate surface area is 223 Å². The van der Waals surface area contributed by atoms with Gasteiger partial charge in [-0.2, -0.15) is 0 Å². The van der Waals surface area contributed by atoms with Crippen LogP contribution in [0.2, 0.25) is 0 Å². The second-order valence-corrected chi connectivity index (χ2v) is 11.9. The summed E-state index contributed by atoms with van der Waals surface area (Å²) in [5.74, 6) is 0.380. The van der Waals surface area contributed by atoms with Crippen LogP contribution in [0.4, 0.5) is 5.69 Å². The number of thiophene rings is 1. The van der Waals surface area contributed by atoms with Gasteiger partial charge in [-0.3, -0.25) is 14.6 Å². The molecule has 1 aromatic carbocycles. The molecule has 5 rings (SSSR count). The lowest BCUT2D eigenvalue weighted by atomic mass is 9.72. The zero-order chi connectivity index (χ0) is 26.0. The number of carbonyl (C=O) groups excluding carboxylic acids is 2. The molecule has 6 nitrogen and oxygen atoms in total. The molecule has 2 fully saturated rings. The van der Waals surface area contributed by atoms with Gasteiger partial charge in [-0.25, -0.2) is 0 Å². The Hall–Kier alpha value is -3.03. The molecule has 2 aliphatic carbocycles. The van der Waals surface area contributed by atoms with E-state index in [1.807, 2.05) is 6.07 Å². The number of aromatic nitrogens is 1. The minimum absolute atomic E-state index is 0.0172. The van der Waals surface area contributed by atoms with E-state index < -0.39 is 0 Å². The number of amides is 2. The zero-order valence-electron chi connectivity index (χ0n) is 21.7. The standard InChI is InChI=1S/C30H36N4O2S/c1-19-26(12-15-37-19)27-17-25(34-28(36)16-21-4-10-24(11-5-21)33-20(2)35)18-32-29(27)22-6-8-23(9-7-22)30(31)13-3-14-30/h6-9,12,15,17-18,21,24H,3-5,10-11,13-14,16,31H2,1-2H3,(H,33,35)(H,34,36). The van der Waals surface area contributed by atoms with Crippen LogP contribution in [0.1, 0.15) is 68.7 Å². The zero-order valence-corrected chi connectivity index (χ0v) is 22.5. The van der Waals surface area contributed by atoms with E-state index in [4.69, 9.17) is 10.7 Å². The molecule has 194 valence electrons. The van der Waals surface area contributed by atoms with Gasteiger partial charge in [0.05, 0.1) is 17.6 Å². The second-order valence-electron chi connectivity index (χ2n) is 10.8. The first kappa shape index (κ1) is 25.6. The largest absolute Gasteiger partial charge is 0.354 e. The number of rotatable bonds is 7. The minimum Gasteiger partial charge on any atom is -0.354 e. The number of benzene rings is 1. The van der Waals surface area contributed by atoms with Crippen molar-refractivity contribution in [1.82, 2.24) is 10.3 Å². The Morgan fingerprint density at radius 2 is 1.81 bits per heavy atom. The first-order chi connectivity index (χ1) is 17.8. The summed E-state index contributed by atoms with van der Waals surface area (Å²) in [6, 6.07) is 12.9. The molecular weight excluding hydrogens is 480 g/mol. The quantitative estimate of drug-likeness (QED) is 0.351. The highest BCUT2D eigenvalue weighted by atomic mass is 32.1. The van der Waals surface area contributed by atoms with Gasteiger partial charge in [0.25, 0.3) is 0 Å². The molecule has 0 spiro atoms. The van der Waals surface area contributed by atoms with Crippen molar-refractivity contribution in [3.05, 3.63) is 58.4 Å². The summed E-state index contributed by atoms with van der Waals surface area (Å²) in [5.41, 5.74) is 12.3. The molecule has 7 heteroatoms. The van der Waals surface area contributed by atoms with Gasteiger partial charge < -0.3 is 16.4 Å². The van der Waals surface area contributed by atoms with E-state index in [-0.39, 0.29) is 23.4 Å². The van der Waals surface area contributed by atoms with Gasteiger partial charge in [0.2, 0.25) is 11.8 Å². The fraction of sp³-hybridized carbons (Fsp3) is 0.433. The fourth-order valence-electron chi connectivity index (χ4n) is 5.71. The molecule has 0 radical (unpaired) electrons. The summed E-state index contributed by atoms with van der Waals surface area (Å²) in [7, 11) is 0. The predicted octanol–water partition coefficient (Wildman–Crippen LogP) is 6.15. The number of aryl methyl sites for hydroxylation is 1. The highest BCUT2D eigenvalue weighted by Gasteiger charge is 2.34. The molecular formula is C30H36N4O2S. The minimum atomic E-state index is -0.184. The van der Waals surface area contributed by atoms with E-state index in [1.54, 1.807) is 24.5 Å². The van der Waals surface area contributed by atoms with Crippen molar-refractivity contribution in [3.8, 4) is 22.4 Å². The molecule has 0 saturated heterocycles. The maximum atomic E-state index is 12.9. The van der Waals surface area contributed by atoms with Crippen LogP contribution in [0.3, 0.4) is 0 Å². The molecule has 0 aliphatic heterocycles. The maximum Gasteiger partial charge on any atom is 0.224 e. The number of anilines is 1.